The smallest absolute Gasteiger partial charge is 0.276 e. The number of aromatic nitrogens is 3. The number of aryl methyl sites for hydroxylation is 1. The van der Waals surface area contributed by atoms with Crippen LogP contribution in [0.2, 0.25) is 0 Å². The molecule has 1 aliphatic heterocycles. The van der Waals surface area contributed by atoms with Crippen LogP contribution >= 0.6 is 0 Å². The number of anilines is 1. The van der Waals surface area contributed by atoms with Gasteiger partial charge >= 0.3 is 0 Å². The minimum atomic E-state index is -0.0526. The Labute approximate surface area is 117 Å². The van der Waals surface area contributed by atoms with Crippen molar-refractivity contribution in [2.45, 2.75) is 6.92 Å². The SMILES string of the molecule is Cc1ccccc1N1CCN(C(=O)c2cn[nH]n2)CC1. The van der Waals surface area contributed by atoms with Crippen LogP contribution in [0.5, 0.6) is 0 Å². The van der Waals surface area contributed by atoms with E-state index in [1.54, 1.807) is 0 Å². The number of carbonyl (C=O) groups excluding carboxylic acids is 1. The maximum absolute atomic E-state index is 12.2. The lowest BCUT2D eigenvalue weighted by Crippen LogP contribution is -2.49. The van der Waals surface area contributed by atoms with Gasteiger partial charge in [-0.1, -0.05) is 18.2 Å². The third kappa shape index (κ3) is 2.36. The lowest BCUT2D eigenvalue weighted by molar-refractivity contribution is 0.0741. The van der Waals surface area contributed by atoms with Gasteiger partial charge in [0.1, 0.15) is 0 Å². The molecule has 2 heterocycles. The summed E-state index contributed by atoms with van der Waals surface area (Å²) in [5.74, 6) is -0.0526. The Morgan fingerprint density at radius 3 is 2.60 bits per heavy atom. The third-order valence-corrected chi connectivity index (χ3v) is 3.66. The average molecular weight is 271 g/mol. The van der Waals surface area contributed by atoms with E-state index in [1.807, 2.05) is 11.0 Å². The summed E-state index contributed by atoms with van der Waals surface area (Å²) < 4.78 is 0. The van der Waals surface area contributed by atoms with Gasteiger partial charge in [0.25, 0.3) is 5.91 Å². The molecule has 1 aromatic carbocycles. The Bertz CT molecular complexity index is 587. The molecule has 0 atom stereocenters. The quantitative estimate of drug-likeness (QED) is 0.887. The van der Waals surface area contributed by atoms with Crippen molar-refractivity contribution in [3.8, 4) is 0 Å². The summed E-state index contributed by atoms with van der Waals surface area (Å²) in [5.41, 5.74) is 2.90. The van der Waals surface area contributed by atoms with Crippen LogP contribution < -0.4 is 4.90 Å². The summed E-state index contributed by atoms with van der Waals surface area (Å²) in [6.07, 6.45) is 1.47. The molecular weight excluding hydrogens is 254 g/mol. The molecule has 104 valence electrons. The highest BCUT2D eigenvalue weighted by atomic mass is 16.2. The zero-order valence-electron chi connectivity index (χ0n) is 11.4. The van der Waals surface area contributed by atoms with Crippen LogP contribution in [0.3, 0.4) is 0 Å². The molecule has 2 aromatic rings. The van der Waals surface area contributed by atoms with E-state index in [0.717, 1.165) is 13.1 Å². The first-order valence-electron chi connectivity index (χ1n) is 6.71. The first-order chi connectivity index (χ1) is 9.75. The lowest BCUT2D eigenvalue weighted by Gasteiger charge is -2.36. The molecule has 0 bridgehead atoms. The number of rotatable bonds is 2. The second kappa shape index (κ2) is 5.32. The number of amides is 1. The van der Waals surface area contributed by atoms with Gasteiger partial charge in [-0.2, -0.15) is 15.4 Å². The molecule has 1 aromatic heterocycles. The number of piperazine rings is 1. The van der Waals surface area contributed by atoms with Crippen molar-refractivity contribution in [1.82, 2.24) is 20.3 Å². The molecule has 0 radical (unpaired) electrons. The Balaban J connectivity index is 1.65. The van der Waals surface area contributed by atoms with Gasteiger partial charge in [-0.3, -0.25) is 4.79 Å². The summed E-state index contributed by atoms with van der Waals surface area (Å²) in [7, 11) is 0. The molecule has 1 fully saturated rings. The van der Waals surface area contributed by atoms with Crippen LogP contribution in [0, 0.1) is 6.92 Å². The molecule has 0 saturated carbocycles. The summed E-state index contributed by atoms with van der Waals surface area (Å²) >= 11 is 0. The fourth-order valence-corrected chi connectivity index (χ4v) is 2.54. The highest BCUT2D eigenvalue weighted by Crippen LogP contribution is 2.21. The van der Waals surface area contributed by atoms with Crippen LogP contribution in [0.15, 0.2) is 30.5 Å². The van der Waals surface area contributed by atoms with E-state index >= 15 is 0 Å². The first kappa shape index (κ1) is 12.7. The topological polar surface area (TPSA) is 65.1 Å². The maximum Gasteiger partial charge on any atom is 0.276 e. The molecule has 0 aliphatic carbocycles. The summed E-state index contributed by atoms with van der Waals surface area (Å²) in [6, 6.07) is 8.34. The second-order valence-corrected chi connectivity index (χ2v) is 4.92. The van der Waals surface area contributed by atoms with Gasteiger partial charge in [-0.25, -0.2) is 0 Å². The van der Waals surface area contributed by atoms with Gasteiger partial charge < -0.3 is 9.80 Å². The fourth-order valence-electron chi connectivity index (χ4n) is 2.54. The van der Waals surface area contributed by atoms with E-state index in [2.05, 4.69) is 45.4 Å². The molecule has 0 spiro atoms. The Kier molecular flexibility index (Phi) is 3.37. The van der Waals surface area contributed by atoms with Crippen LogP contribution in [0.4, 0.5) is 5.69 Å². The lowest BCUT2D eigenvalue weighted by atomic mass is 10.1. The number of carbonyl (C=O) groups is 1. The van der Waals surface area contributed by atoms with Gasteiger partial charge in [-0.15, -0.1) is 0 Å². The van der Waals surface area contributed by atoms with Gasteiger partial charge in [0.15, 0.2) is 5.69 Å². The molecule has 1 amide bonds. The predicted molar refractivity (Wildman–Crippen MR) is 75.7 cm³/mol. The molecule has 3 rings (SSSR count). The van der Waals surface area contributed by atoms with Crippen molar-refractivity contribution in [2.75, 3.05) is 31.1 Å². The number of hydrogen-bond acceptors (Lipinski definition) is 4. The predicted octanol–water partition coefficient (Wildman–Crippen LogP) is 1.08. The minimum absolute atomic E-state index is 0.0526. The molecule has 1 aliphatic rings. The number of nitrogens with one attached hydrogen (secondary N) is 1. The van der Waals surface area contributed by atoms with Crippen molar-refractivity contribution in [1.29, 1.82) is 0 Å². The third-order valence-electron chi connectivity index (χ3n) is 3.66. The fraction of sp³-hybridized carbons (Fsp3) is 0.357. The van der Waals surface area contributed by atoms with Crippen molar-refractivity contribution >= 4 is 11.6 Å². The molecule has 0 unspecified atom stereocenters. The van der Waals surface area contributed by atoms with Crippen molar-refractivity contribution < 1.29 is 4.79 Å². The van der Waals surface area contributed by atoms with E-state index in [9.17, 15) is 4.79 Å². The second-order valence-electron chi connectivity index (χ2n) is 4.92. The number of hydrogen-bond donors (Lipinski definition) is 1. The average Bonchev–Trinajstić information content (AvgIpc) is 3.01. The van der Waals surface area contributed by atoms with E-state index in [1.165, 1.54) is 17.4 Å². The number of benzene rings is 1. The monoisotopic (exact) mass is 271 g/mol. The number of aromatic amines is 1. The van der Waals surface area contributed by atoms with Crippen LogP contribution in [-0.4, -0.2) is 52.4 Å². The minimum Gasteiger partial charge on any atom is -0.368 e. The van der Waals surface area contributed by atoms with E-state index in [-0.39, 0.29) is 5.91 Å². The van der Waals surface area contributed by atoms with E-state index in [4.69, 9.17) is 0 Å². The molecule has 20 heavy (non-hydrogen) atoms. The van der Waals surface area contributed by atoms with Gasteiger partial charge in [0.2, 0.25) is 0 Å². The Morgan fingerprint density at radius 1 is 1.20 bits per heavy atom. The highest BCUT2D eigenvalue weighted by molar-refractivity contribution is 5.92. The standard InChI is InChI=1S/C14H17N5O/c1-11-4-2-3-5-13(11)18-6-8-19(9-7-18)14(20)12-10-15-17-16-12/h2-5,10H,6-9H2,1H3,(H,15,16,17). The Morgan fingerprint density at radius 2 is 1.95 bits per heavy atom. The van der Waals surface area contributed by atoms with Gasteiger partial charge in [0, 0.05) is 31.9 Å². The van der Waals surface area contributed by atoms with E-state index in [0.29, 0.717) is 18.8 Å². The van der Waals surface area contributed by atoms with E-state index < -0.39 is 0 Å². The largest absolute Gasteiger partial charge is 0.368 e. The van der Waals surface area contributed by atoms with Crippen LogP contribution in [-0.2, 0) is 0 Å². The summed E-state index contributed by atoms with van der Waals surface area (Å²) in [6.45, 7) is 5.21. The molecule has 6 heteroatoms. The summed E-state index contributed by atoms with van der Waals surface area (Å²) in [5, 5.41) is 9.99. The maximum atomic E-state index is 12.2. The number of para-hydroxylation sites is 1. The molecule has 1 saturated heterocycles. The van der Waals surface area contributed by atoms with Crippen LogP contribution in [0.25, 0.3) is 0 Å². The molecular formula is C14H17N5O. The molecule has 1 N–H and O–H groups in total. The van der Waals surface area contributed by atoms with Gasteiger partial charge in [0.05, 0.1) is 6.20 Å². The highest BCUT2D eigenvalue weighted by Gasteiger charge is 2.24. The first-order valence-corrected chi connectivity index (χ1v) is 6.71. The number of H-pyrrole nitrogens is 1. The van der Waals surface area contributed by atoms with Crippen LogP contribution in [0.1, 0.15) is 16.1 Å². The Hall–Kier alpha value is -2.37. The zero-order chi connectivity index (χ0) is 13.9. The summed E-state index contributed by atoms with van der Waals surface area (Å²) in [4.78, 5) is 16.3. The van der Waals surface area contributed by atoms with Crippen molar-refractivity contribution in [2.24, 2.45) is 0 Å². The normalized spacial score (nSPS) is 15.4. The van der Waals surface area contributed by atoms with Crippen molar-refractivity contribution in [3.63, 3.8) is 0 Å². The molecule has 6 nitrogen and oxygen atoms in total. The van der Waals surface area contributed by atoms with Crippen molar-refractivity contribution in [3.05, 3.63) is 41.7 Å². The van der Waals surface area contributed by atoms with Gasteiger partial charge in [-0.05, 0) is 18.6 Å². The zero-order valence-corrected chi connectivity index (χ0v) is 11.4. The number of nitrogens with zero attached hydrogens (tertiary/aromatic N) is 4.